The van der Waals surface area contributed by atoms with Crippen LogP contribution in [0.2, 0.25) is 0 Å². The quantitative estimate of drug-likeness (QED) is 0.372. The summed E-state index contributed by atoms with van der Waals surface area (Å²) < 4.78 is 22.9. The van der Waals surface area contributed by atoms with Gasteiger partial charge in [-0.25, -0.2) is 9.50 Å². The molecule has 0 aliphatic carbocycles. The highest BCUT2D eigenvalue weighted by atomic mass is 16.6. The van der Waals surface area contributed by atoms with Crippen molar-refractivity contribution in [1.82, 2.24) is 24.7 Å². The Balaban J connectivity index is 1.37. The van der Waals surface area contributed by atoms with Crippen molar-refractivity contribution < 1.29 is 23.5 Å². The average molecular weight is 451 g/mol. The van der Waals surface area contributed by atoms with Crippen molar-refractivity contribution in [3.63, 3.8) is 0 Å². The summed E-state index contributed by atoms with van der Waals surface area (Å²) in [6.45, 7) is 5.73. The number of hydrogen-bond donors (Lipinski definition) is 0. The van der Waals surface area contributed by atoms with Gasteiger partial charge in [-0.2, -0.15) is 10.1 Å². The number of hydrogen-bond acceptors (Lipinski definition) is 9. The number of rotatable bonds is 8. The first-order chi connectivity index (χ1) is 15.9. The summed E-state index contributed by atoms with van der Waals surface area (Å²) in [6, 6.07) is 7.22. The van der Waals surface area contributed by atoms with Crippen LogP contribution in [0.25, 0.3) is 17.0 Å². The van der Waals surface area contributed by atoms with E-state index in [1.54, 1.807) is 36.9 Å². The van der Waals surface area contributed by atoms with E-state index in [0.717, 1.165) is 28.3 Å². The molecule has 0 saturated carbocycles. The second kappa shape index (κ2) is 9.27. The van der Waals surface area contributed by atoms with Gasteiger partial charge < -0.3 is 18.7 Å². The molecule has 0 atom stereocenters. The number of fused-ring (bicyclic) bond motifs is 1. The van der Waals surface area contributed by atoms with Crippen LogP contribution in [0.4, 0.5) is 0 Å². The first kappa shape index (κ1) is 22.3. The molecule has 4 aromatic rings. The van der Waals surface area contributed by atoms with E-state index < -0.39 is 0 Å². The van der Waals surface area contributed by atoms with Crippen molar-refractivity contribution in [2.45, 2.75) is 40.2 Å². The predicted molar refractivity (Wildman–Crippen MR) is 118 cm³/mol. The molecule has 0 N–H and O–H groups in total. The van der Waals surface area contributed by atoms with Gasteiger partial charge in [0.25, 0.3) is 5.89 Å². The molecule has 1 aromatic carbocycles. The van der Waals surface area contributed by atoms with E-state index >= 15 is 0 Å². The van der Waals surface area contributed by atoms with Crippen molar-refractivity contribution in [2.24, 2.45) is 0 Å². The zero-order valence-corrected chi connectivity index (χ0v) is 19.2. The van der Waals surface area contributed by atoms with Gasteiger partial charge in [-0.3, -0.25) is 4.79 Å². The number of esters is 1. The first-order valence-corrected chi connectivity index (χ1v) is 10.4. The van der Waals surface area contributed by atoms with E-state index in [4.69, 9.17) is 18.7 Å². The van der Waals surface area contributed by atoms with Crippen molar-refractivity contribution in [2.75, 3.05) is 14.2 Å². The van der Waals surface area contributed by atoms with E-state index in [1.807, 2.05) is 26.8 Å². The van der Waals surface area contributed by atoms with Crippen molar-refractivity contribution >= 4 is 11.6 Å². The molecule has 3 heterocycles. The molecule has 0 saturated heterocycles. The van der Waals surface area contributed by atoms with Gasteiger partial charge in [0.2, 0.25) is 5.82 Å². The maximum Gasteiger partial charge on any atom is 0.306 e. The third-order valence-corrected chi connectivity index (χ3v) is 5.33. The lowest BCUT2D eigenvalue weighted by Crippen LogP contribution is -2.10. The summed E-state index contributed by atoms with van der Waals surface area (Å²) in [4.78, 5) is 21.2. The Morgan fingerprint density at radius 2 is 1.85 bits per heavy atom. The lowest BCUT2D eigenvalue weighted by Gasteiger charge is -2.10. The topological polar surface area (TPSA) is 114 Å². The van der Waals surface area contributed by atoms with Crippen LogP contribution in [0.1, 0.15) is 35.0 Å². The summed E-state index contributed by atoms with van der Waals surface area (Å²) in [5.74, 6) is 1.35. The molecule has 0 unspecified atom stereocenters. The van der Waals surface area contributed by atoms with Crippen molar-refractivity contribution in [1.29, 1.82) is 0 Å². The summed E-state index contributed by atoms with van der Waals surface area (Å²) in [7, 11) is 3.12. The maximum absolute atomic E-state index is 12.3. The molecule has 0 amide bonds. The van der Waals surface area contributed by atoms with Gasteiger partial charge in [0.05, 0.1) is 19.9 Å². The molecule has 3 aromatic heterocycles. The molecule has 0 spiro atoms. The SMILES string of the molecule is COc1ccc(-c2noc(COC(=O)CCc3c(C)nc4cc(C)nn4c3C)n2)cc1OC. The monoisotopic (exact) mass is 451 g/mol. The fourth-order valence-corrected chi connectivity index (χ4v) is 3.65. The Bertz CT molecular complexity index is 1310. The van der Waals surface area contributed by atoms with Gasteiger partial charge in [0, 0.05) is 29.4 Å². The number of aromatic nitrogens is 5. The number of benzene rings is 1. The fraction of sp³-hybridized carbons (Fsp3) is 0.348. The smallest absolute Gasteiger partial charge is 0.306 e. The minimum Gasteiger partial charge on any atom is -0.493 e. The third-order valence-electron chi connectivity index (χ3n) is 5.33. The van der Waals surface area contributed by atoms with Gasteiger partial charge in [-0.1, -0.05) is 5.16 Å². The number of methoxy groups -OCH3 is 2. The third kappa shape index (κ3) is 4.64. The number of carbonyl (C=O) groups excluding carboxylic acids is 1. The predicted octanol–water partition coefficient (Wildman–Crippen LogP) is 3.40. The Morgan fingerprint density at radius 3 is 2.61 bits per heavy atom. The lowest BCUT2D eigenvalue weighted by molar-refractivity contribution is -0.145. The second-order valence-electron chi connectivity index (χ2n) is 7.56. The lowest BCUT2D eigenvalue weighted by atomic mass is 10.1. The molecule has 0 fully saturated rings. The van der Waals surface area contributed by atoms with Crippen LogP contribution in [-0.4, -0.2) is 44.9 Å². The van der Waals surface area contributed by atoms with Crippen LogP contribution in [0.3, 0.4) is 0 Å². The van der Waals surface area contributed by atoms with E-state index in [1.165, 1.54) is 0 Å². The van der Waals surface area contributed by atoms with Gasteiger partial charge >= 0.3 is 5.97 Å². The standard InChI is InChI=1S/C23H25N5O5/c1-13-10-20-24-14(2)17(15(3)28(20)26-13)7-9-22(29)32-12-21-25-23(27-33-21)16-6-8-18(30-4)19(11-16)31-5/h6,8,10-11H,7,9,12H2,1-5H3. The normalized spacial score (nSPS) is 11.1. The largest absolute Gasteiger partial charge is 0.493 e. The van der Waals surface area contributed by atoms with Crippen LogP contribution in [0.5, 0.6) is 11.5 Å². The van der Waals surface area contributed by atoms with Crippen molar-refractivity contribution in [3.8, 4) is 22.9 Å². The minimum absolute atomic E-state index is 0.104. The Kier molecular flexibility index (Phi) is 6.25. The molecule has 33 heavy (non-hydrogen) atoms. The minimum atomic E-state index is -0.364. The van der Waals surface area contributed by atoms with E-state index in [0.29, 0.717) is 29.3 Å². The average Bonchev–Trinajstić information content (AvgIpc) is 3.43. The van der Waals surface area contributed by atoms with E-state index in [9.17, 15) is 4.79 Å². The van der Waals surface area contributed by atoms with Crippen molar-refractivity contribution in [3.05, 3.63) is 52.8 Å². The summed E-state index contributed by atoms with van der Waals surface area (Å²) in [5, 5.41) is 8.41. The van der Waals surface area contributed by atoms with Crippen LogP contribution in [-0.2, 0) is 22.6 Å². The summed E-state index contributed by atoms with van der Waals surface area (Å²) in [5.41, 5.74) is 5.22. The molecule has 10 heteroatoms. The van der Waals surface area contributed by atoms with Crippen LogP contribution in [0.15, 0.2) is 28.8 Å². The molecule has 172 valence electrons. The van der Waals surface area contributed by atoms with Gasteiger partial charge in [0.15, 0.2) is 23.8 Å². The fourth-order valence-electron chi connectivity index (χ4n) is 3.65. The van der Waals surface area contributed by atoms with Crippen LogP contribution >= 0.6 is 0 Å². The zero-order valence-electron chi connectivity index (χ0n) is 19.2. The molecule has 0 radical (unpaired) electrons. The van der Waals surface area contributed by atoms with E-state index in [-0.39, 0.29) is 24.9 Å². The molecule has 0 bridgehead atoms. The molecule has 4 rings (SSSR count). The summed E-state index contributed by atoms with van der Waals surface area (Å²) in [6.07, 6.45) is 0.699. The second-order valence-corrected chi connectivity index (χ2v) is 7.56. The van der Waals surface area contributed by atoms with E-state index in [2.05, 4.69) is 20.2 Å². The van der Waals surface area contributed by atoms with Gasteiger partial charge in [0.1, 0.15) is 0 Å². The molecule has 10 nitrogen and oxygen atoms in total. The Hall–Kier alpha value is -3.95. The Labute approximate surface area is 190 Å². The van der Waals surface area contributed by atoms with Gasteiger partial charge in [-0.05, 0) is 51.0 Å². The Morgan fingerprint density at radius 1 is 1.06 bits per heavy atom. The molecule has 0 aliphatic heterocycles. The number of aryl methyl sites for hydroxylation is 3. The number of nitrogens with zero attached hydrogens (tertiary/aromatic N) is 5. The zero-order chi connectivity index (χ0) is 23.5. The number of carbonyl (C=O) groups is 1. The summed E-state index contributed by atoms with van der Waals surface area (Å²) >= 11 is 0. The molecular weight excluding hydrogens is 426 g/mol. The van der Waals surface area contributed by atoms with Crippen LogP contribution < -0.4 is 9.47 Å². The molecular formula is C23H25N5O5. The van der Waals surface area contributed by atoms with Gasteiger partial charge in [-0.15, -0.1) is 0 Å². The number of ether oxygens (including phenoxy) is 3. The van der Waals surface area contributed by atoms with Crippen LogP contribution in [0, 0.1) is 20.8 Å². The highest BCUT2D eigenvalue weighted by molar-refractivity contribution is 5.70. The highest BCUT2D eigenvalue weighted by Crippen LogP contribution is 2.31. The highest BCUT2D eigenvalue weighted by Gasteiger charge is 2.16. The maximum atomic E-state index is 12.3. The first-order valence-electron chi connectivity index (χ1n) is 10.4. The molecule has 0 aliphatic rings.